The molecule has 0 radical (unpaired) electrons. The SMILES string of the molecule is CNC(=O)[C@H](Cc1ccccc1)N(Cc1ccc(Cl)cc1)C(=O)CCCN(c1ccc(Cl)cc1)S(C)(=O)=O. The van der Waals surface area contributed by atoms with Crippen molar-refractivity contribution in [1.82, 2.24) is 10.2 Å². The van der Waals surface area contributed by atoms with Gasteiger partial charge in [0.15, 0.2) is 0 Å². The van der Waals surface area contributed by atoms with E-state index in [1.54, 1.807) is 48.3 Å². The molecule has 0 aliphatic rings. The Labute approximate surface area is 234 Å². The molecule has 38 heavy (non-hydrogen) atoms. The minimum absolute atomic E-state index is 0.0511. The number of sulfonamides is 1. The van der Waals surface area contributed by atoms with Gasteiger partial charge in [-0.2, -0.15) is 0 Å². The molecule has 0 bridgehead atoms. The van der Waals surface area contributed by atoms with E-state index in [1.165, 1.54) is 4.31 Å². The summed E-state index contributed by atoms with van der Waals surface area (Å²) in [6.07, 6.45) is 1.77. The Morgan fingerprint density at radius 2 is 1.45 bits per heavy atom. The van der Waals surface area contributed by atoms with Crippen LogP contribution in [0, 0.1) is 0 Å². The normalized spacial score (nSPS) is 12.0. The van der Waals surface area contributed by atoms with Crippen LogP contribution in [0.15, 0.2) is 78.9 Å². The van der Waals surface area contributed by atoms with Crippen molar-refractivity contribution >= 4 is 50.7 Å². The van der Waals surface area contributed by atoms with E-state index in [0.29, 0.717) is 22.2 Å². The molecule has 0 aliphatic carbocycles. The number of rotatable bonds is 12. The number of hydrogen-bond acceptors (Lipinski definition) is 4. The van der Waals surface area contributed by atoms with Crippen LogP contribution < -0.4 is 9.62 Å². The molecule has 2 amide bonds. The molecule has 1 atom stereocenters. The topological polar surface area (TPSA) is 86.8 Å². The van der Waals surface area contributed by atoms with E-state index in [4.69, 9.17) is 23.2 Å². The second kappa shape index (κ2) is 13.6. The number of likely N-dealkylation sites (N-methyl/N-ethyl adjacent to an activating group) is 1. The maximum absolute atomic E-state index is 13.6. The van der Waals surface area contributed by atoms with E-state index < -0.39 is 16.1 Å². The Bertz CT molecular complexity index is 1320. The van der Waals surface area contributed by atoms with Crippen molar-refractivity contribution in [3.05, 3.63) is 100 Å². The fourth-order valence-corrected chi connectivity index (χ4v) is 5.34. The van der Waals surface area contributed by atoms with Crippen molar-refractivity contribution in [3.8, 4) is 0 Å². The first-order valence-electron chi connectivity index (χ1n) is 12.1. The van der Waals surface area contributed by atoms with Crippen molar-refractivity contribution in [1.29, 1.82) is 0 Å². The molecule has 3 aromatic rings. The van der Waals surface area contributed by atoms with Crippen molar-refractivity contribution in [2.45, 2.75) is 31.8 Å². The number of carbonyl (C=O) groups excluding carboxylic acids is 2. The van der Waals surface area contributed by atoms with Crippen LogP contribution in [0.4, 0.5) is 5.69 Å². The maximum Gasteiger partial charge on any atom is 0.242 e. The quantitative estimate of drug-likeness (QED) is 0.332. The van der Waals surface area contributed by atoms with Gasteiger partial charge < -0.3 is 10.2 Å². The number of benzene rings is 3. The Kier molecular flexibility index (Phi) is 10.6. The second-order valence-electron chi connectivity index (χ2n) is 8.88. The molecule has 7 nitrogen and oxygen atoms in total. The van der Waals surface area contributed by atoms with E-state index in [9.17, 15) is 18.0 Å². The van der Waals surface area contributed by atoms with Gasteiger partial charge in [0.25, 0.3) is 0 Å². The maximum atomic E-state index is 13.6. The van der Waals surface area contributed by atoms with Crippen LogP contribution in [-0.4, -0.2) is 51.0 Å². The highest BCUT2D eigenvalue weighted by molar-refractivity contribution is 7.92. The molecule has 0 saturated heterocycles. The van der Waals surface area contributed by atoms with E-state index in [0.717, 1.165) is 17.4 Å². The van der Waals surface area contributed by atoms with Crippen LogP contribution >= 0.6 is 23.2 Å². The third-order valence-corrected chi connectivity index (χ3v) is 7.75. The van der Waals surface area contributed by atoms with Crippen LogP contribution in [0.5, 0.6) is 0 Å². The van der Waals surface area contributed by atoms with E-state index in [2.05, 4.69) is 5.32 Å². The van der Waals surface area contributed by atoms with Gasteiger partial charge in [0.2, 0.25) is 21.8 Å². The first kappa shape index (κ1) is 29.5. The van der Waals surface area contributed by atoms with Gasteiger partial charge in [0.05, 0.1) is 11.9 Å². The molecule has 0 heterocycles. The van der Waals surface area contributed by atoms with Crippen LogP contribution in [0.2, 0.25) is 10.0 Å². The molecule has 0 unspecified atom stereocenters. The van der Waals surface area contributed by atoms with Crippen LogP contribution in [0.3, 0.4) is 0 Å². The largest absolute Gasteiger partial charge is 0.357 e. The molecule has 202 valence electrons. The van der Waals surface area contributed by atoms with Gasteiger partial charge in [0.1, 0.15) is 6.04 Å². The second-order valence-corrected chi connectivity index (χ2v) is 11.7. The molecule has 0 saturated carbocycles. The van der Waals surface area contributed by atoms with Crippen molar-refractivity contribution < 1.29 is 18.0 Å². The van der Waals surface area contributed by atoms with Gasteiger partial charge in [-0.05, 0) is 53.9 Å². The lowest BCUT2D eigenvalue weighted by Crippen LogP contribution is -2.49. The van der Waals surface area contributed by atoms with Gasteiger partial charge in [-0.15, -0.1) is 0 Å². The number of anilines is 1. The highest BCUT2D eigenvalue weighted by atomic mass is 35.5. The summed E-state index contributed by atoms with van der Waals surface area (Å²) in [7, 11) is -2.04. The summed E-state index contributed by atoms with van der Waals surface area (Å²) in [5.74, 6) is -0.538. The number of amides is 2. The molecule has 1 N–H and O–H groups in total. The fourth-order valence-electron chi connectivity index (χ4n) is 4.12. The van der Waals surface area contributed by atoms with Gasteiger partial charge in [0, 0.05) is 43.0 Å². The van der Waals surface area contributed by atoms with E-state index in [-0.39, 0.29) is 37.7 Å². The first-order chi connectivity index (χ1) is 18.1. The van der Waals surface area contributed by atoms with Crippen LogP contribution in [0.1, 0.15) is 24.0 Å². The summed E-state index contributed by atoms with van der Waals surface area (Å²) in [5, 5.41) is 3.75. The number of carbonyl (C=O) groups is 2. The zero-order valence-corrected chi connectivity index (χ0v) is 23.6. The summed E-state index contributed by atoms with van der Waals surface area (Å²) in [5.41, 5.74) is 2.21. The Balaban J connectivity index is 1.83. The molecular formula is C28H31Cl2N3O4S. The summed E-state index contributed by atoms with van der Waals surface area (Å²) in [6, 6.07) is 22.3. The summed E-state index contributed by atoms with van der Waals surface area (Å²) < 4.78 is 26.2. The predicted molar refractivity (Wildman–Crippen MR) is 153 cm³/mol. The smallest absolute Gasteiger partial charge is 0.242 e. The minimum Gasteiger partial charge on any atom is -0.357 e. The zero-order chi connectivity index (χ0) is 27.7. The summed E-state index contributed by atoms with van der Waals surface area (Å²) in [6.45, 7) is 0.304. The average molecular weight is 577 g/mol. The third kappa shape index (κ3) is 8.48. The number of hydrogen-bond donors (Lipinski definition) is 1. The Morgan fingerprint density at radius 3 is 2.00 bits per heavy atom. The first-order valence-corrected chi connectivity index (χ1v) is 14.7. The van der Waals surface area contributed by atoms with Gasteiger partial charge in [-0.1, -0.05) is 65.7 Å². The molecule has 0 aliphatic heterocycles. The predicted octanol–water partition coefficient (Wildman–Crippen LogP) is 4.93. The lowest BCUT2D eigenvalue weighted by atomic mass is 10.0. The standard InChI is InChI=1S/C28H31Cl2N3O4S/c1-31-28(35)26(19-21-7-4-3-5-8-21)32(20-22-10-12-23(29)13-11-22)27(34)9-6-18-33(38(2,36)37)25-16-14-24(30)15-17-25/h3-5,7-8,10-17,26H,6,9,18-20H2,1-2H3,(H,31,35)/t26-/m0/s1. The van der Waals surface area contributed by atoms with Crippen LogP contribution in [-0.2, 0) is 32.6 Å². The molecule has 10 heteroatoms. The summed E-state index contributed by atoms with van der Waals surface area (Å²) >= 11 is 12.0. The minimum atomic E-state index is -3.59. The highest BCUT2D eigenvalue weighted by Crippen LogP contribution is 2.22. The highest BCUT2D eigenvalue weighted by Gasteiger charge is 2.30. The van der Waals surface area contributed by atoms with Gasteiger partial charge in [-0.3, -0.25) is 13.9 Å². The lowest BCUT2D eigenvalue weighted by Gasteiger charge is -2.31. The Morgan fingerprint density at radius 1 is 0.868 bits per heavy atom. The molecule has 0 aromatic heterocycles. The number of nitrogens with one attached hydrogen (secondary N) is 1. The molecule has 3 aromatic carbocycles. The van der Waals surface area contributed by atoms with Crippen LogP contribution in [0.25, 0.3) is 0 Å². The number of halogens is 2. The molecule has 0 fully saturated rings. The van der Waals surface area contributed by atoms with Crippen molar-refractivity contribution in [3.63, 3.8) is 0 Å². The average Bonchev–Trinajstić information content (AvgIpc) is 2.89. The van der Waals surface area contributed by atoms with Gasteiger partial charge >= 0.3 is 0 Å². The van der Waals surface area contributed by atoms with Crippen molar-refractivity contribution in [2.24, 2.45) is 0 Å². The van der Waals surface area contributed by atoms with E-state index in [1.807, 2.05) is 42.5 Å². The number of nitrogens with zero attached hydrogens (tertiary/aromatic N) is 2. The van der Waals surface area contributed by atoms with E-state index >= 15 is 0 Å². The molecule has 3 rings (SSSR count). The zero-order valence-electron chi connectivity index (χ0n) is 21.3. The fraction of sp³-hybridized carbons (Fsp3) is 0.286. The monoisotopic (exact) mass is 575 g/mol. The Hall–Kier alpha value is -3.07. The molecule has 0 spiro atoms. The lowest BCUT2D eigenvalue weighted by molar-refractivity contribution is -0.141. The third-order valence-electron chi connectivity index (χ3n) is 6.05. The summed E-state index contributed by atoms with van der Waals surface area (Å²) in [4.78, 5) is 28.2. The van der Waals surface area contributed by atoms with Crippen molar-refractivity contribution in [2.75, 3.05) is 24.2 Å². The molecular weight excluding hydrogens is 545 g/mol. The van der Waals surface area contributed by atoms with Gasteiger partial charge in [-0.25, -0.2) is 8.42 Å².